The van der Waals surface area contributed by atoms with Gasteiger partial charge in [-0.1, -0.05) is 17.7 Å². The lowest BCUT2D eigenvalue weighted by Crippen LogP contribution is -2.42. The summed E-state index contributed by atoms with van der Waals surface area (Å²) in [5, 5.41) is 6.52. The van der Waals surface area contributed by atoms with Crippen LogP contribution in [-0.2, 0) is 9.53 Å². The lowest BCUT2D eigenvalue weighted by Gasteiger charge is -2.18. The van der Waals surface area contributed by atoms with Crippen molar-refractivity contribution in [3.05, 3.63) is 47.5 Å². The van der Waals surface area contributed by atoms with Gasteiger partial charge in [-0.25, -0.2) is 14.4 Å². The Morgan fingerprint density at radius 2 is 2.11 bits per heavy atom. The first-order valence-electron chi connectivity index (χ1n) is 11.7. The number of ether oxygens (including phenoxy) is 3. The first-order valence-corrected chi connectivity index (χ1v) is 12.0. The topological polar surface area (TPSA) is 97.8 Å². The monoisotopic (exact) mass is 517 g/mol. The standard InChI is InChI=1S/C25H29ClFN5O4/c1-4-35-9-8-28-25(33)20-10-15(13-32(20)2)36-22-11-16-19(12-21(22)34-3)29-14-30-24(16)31-18-7-5-6-17(26)23(18)27/h5-7,11-12,14-15,20H,4,8-10,13H2,1-3H3,(H,28,33)(H,29,30,31)/t15-,20+/m0/s1. The highest BCUT2D eigenvalue weighted by molar-refractivity contribution is 6.31. The fourth-order valence-electron chi connectivity index (χ4n) is 4.18. The third kappa shape index (κ3) is 5.77. The number of anilines is 2. The average Bonchev–Trinajstić information content (AvgIpc) is 3.24. The molecule has 4 rings (SSSR count). The van der Waals surface area contributed by atoms with E-state index >= 15 is 0 Å². The summed E-state index contributed by atoms with van der Waals surface area (Å²) in [6.07, 6.45) is 1.66. The molecule has 1 amide bonds. The highest BCUT2D eigenvalue weighted by atomic mass is 35.5. The van der Waals surface area contributed by atoms with Gasteiger partial charge in [0.25, 0.3) is 0 Å². The third-order valence-corrected chi connectivity index (χ3v) is 6.27. The van der Waals surface area contributed by atoms with Gasteiger partial charge >= 0.3 is 0 Å². The van der Waals surface area contributed by atoms with E-state index in [0.717, 1.165) is 0 Å². The number of hydrogen-bond acceptors (Lipinski definition) is 8. The predicted octanol–water partition coefficient (Wildman–Crippen LogP) is 3.78. The van der Waals surface area contributed by atoms with E-state index in [1.54, 1.807) is 31.4 Å². The summed E-state index contributed by atoms with van der Waals surface area (Å²) in [4.78, 5) is 23.2. The van der Waals surface area contributed by atoms with Gasteiger partial charge in [0, 0.05) is 37.6 Å². The number of benzene rings is 2. The van der Waals surface area contributed by atoms with Gasteiger partial charge in [-0.05, 0) is 32.2 Å². The minimum absolute atomic E-state index is 0.00545. The average molecular weight is 518 g/mol. The lowest BCUT2D eigenvalue weighted by molar-refractivity contribution is -0.125. The molecule has 36 heavy (non-hydrogen) atoms. The van der Waals surface area contributed by atoms with E-state index in [-0.39, 0.29) is 28.8 Å². The van der Waals surface area contributed by atoms with Crippen molar-refractivity contribution in [3.8, 4) is 11.5 Å². The largest absolute Gasteiger partial charge is 0.493 e. The molecule has 11 heteroatoms. The summed E-state index contributed by atoms with van der Waals surface area (Å²) in [6.45, 7) is 4.03. The van der Waals surface area contributed by atoms with Crippen molar-refractivity contribution < 1.29 is 23.4 Å². The van der Waals surface area contributed by atoms with Crippen molar-refractivity contribution in [1.29, 1.82) is 0 Å². The zero-order valence-electron chi connectivity index (χ0n) is 20.4. The van der Waals surface area contributed by atoms with E-state index < -0.39 is 5.82 Å². The molecule has 0 spiro atoms. The smallest absolute Gasteiger partial charge is 0.237 e. The van der Waals surface area contributed by atoms with Crippen LogP contribution in [0.15, 0.2) is 36.7 Å². The van der Waals surface area contributed by atoms with Crippen molar-refractivity contribution in [2.45, 2.75) is 25.5 Å². The van der Waals surface area contributed by atoms with Crippen molar-refractivity contribution >= 4 is 39.9 Å². The number of methoxy groups -OCH3 is 1. The molecule has 9 nitrogen and oxygen atoms in total. The van der Waals surface area contributed by atoms with Crippen LogP contribution in [0.4, 0.5) is 15.9 Å². The SMILES string of the molecule is CCOCCNC(=O)[C@H]1C[C@H](Oc2cc3c(Nc4cccc(Cl)c4F)ncnc3cc2OC)CN1C. The third-order valence-electron chi connectivity index (χ3n) is 5.98. The number of aromatic nitrogens is 2. The Kier molecular flexibility index (Phi) is 8.40. The van der Waals surface area contributed by atoms with E-state index in [0.29, 0.717) is 60.9 Å². The number of likely N-dealkylation sites (tertiary alicyclic amines) is 1. The second kappa shape index (κ2) is 11.7. The molecule has 1 aromatic heterocycles. The molecule has 0 bridgehead atoms. The van der Waals surface area contributed by atoms with Crippen molar-refractivity contribution in [2.75, 3.05) is 45.8 Å². The summed E-state index contributed by atoms with van der Waals surface area (Å²) in [5.74, 6) is 0.732. The molecular formula is C25H29ClFN5O4. The predicted molar refractivity (Wildman–Crippen MR) is 136 cm³/mol. The van der Waals surface area contributed by atoms with Gasteiger partial charge in [0.15, 0.2) is 17.3 Å². The normalized spacial score (nSPS) is 17.8. The Morgan fingerprint density at radius 3 is 2.89 bits per heavy atom. The number of rotatable bonds is 10. The molecule has 1 saturated heterocycles. The van der Waals surface area contributed by atoms with E-state index in [4.69, 9.17) is 25.8 Å². The molecule has 2 atom stereocenters. The van der Waals surface area contributed by atoms with Crippen LogP contribution in [-0.4, -0.2) is 73.4 Å². The number of nitrogens with zero attached hydrogens (tertiary/aromatic N) is 3. The maximum Gasteiger partial charge on any atom is 0.237 e. The van der Waals surface area contributed by atoms with Crippen LogP contribution in [0.3, 0.4) is 0 Å². The molecule has 0 radical (unpaired) electrons. The highest BCUT2D eigenvalue weighted by Crippen LogP contribution is 2.37. The zero-order valence-corrected chi connectivity index (χ0v) is 21.1. The Morgan fingerprint density at radius 1 is 1.28 bits per heavy atom. The highest BCUT2D eigenvalue weighted by Gasteiger charge is 2.36. The fraction of sp³-hybridized carbons (Fsp3) is 0.400. The number of fused-ring (bicyclic) bond motifs is 1. The molecule has 2 aromatic carbocycles. The summed E-state index contributed by atoms with van der Waals surface area (Å²) in [5.41, 5.74) is 0.783. The summed E-state index contributed by atoms with van der Waals surface area (Å²) in [6, 6.07) is 7.88. The summed E-state index contributed by atoms with van der Waals surface area (Å²) >= 11 is 5.92. The van der Waals surface area contributed by atoms with Crippen LogP contribution in [0.2, 0.25) is 5.02 Å². The van der Waals surface area contributed by atoms with Crippen LogP contribution in [0.1, 0.15) is 13.3 Å². The maximum absolute atomic E-state index is 14.5. The minimum Gasteiger partial charge on any atom is -0.493 e. The number of likely N-dealkylation sites (N-methyl/N-ethyl adjacent to an activating group) is 1. The first-order chi connectivity index (χ1) is 17.4. The van der Waals surface area contributed by atoms with Crippen molar-refractivity contribution in [3.63, 3.8) is 0 Å². The van der Waals surface area contributed by atoms with Gasteiger partial charge < -0.3 is 24.8 Å². The molecular weight excluding hydrogens is 489 g/mol. The molecule has 192 valence electrons. The van der Waals surface area contributed by atoms with Gasteiger partial charge in [0.2, 0.25) is 5.91 Å². The van der Waals surface area contributed by atoms with Gasteiger partial charge in [-0.15, -0.1) is 0 Å². The van der Waals surface area contributed by atoms with E-state index in [1.165, 1.54) is 12.4 Å². The molecule has 0 aliphatic carbocycles. The zero-order chi connectivity index (χ0) is 25.7. The molecule has 1 aliphatic rings. The Bertz CT molecular complexity index is 1230. The Labute approximate surface area is 213 Å². The van der Waals surface area contributed by atoms with Crippen LogP contribution in [0.5, 0.6) is 11.5 Å². The second-order valence-corrected chi connectivity index (χ2v) is 8.79. The fourth-order valence-corrected chi connectivity index (χ4v) is 4.35. The number of halogens is 2. The number of carbonyl (C=O) groups is 1. The molecule has 1 aliphatic heterocycles. The number of hydrogen-bond donors (Lipinski definition) is 2. The Hall–Kier alpha value is -3.21. The summed E-state index contributed by atoms with van der Waals surface area (Å²) < 4.78 is 31.6. The quantitative estimate of drug-likeness (QED) is 0.392. The maximum atomic E-state index is 14.5. The van der Waals surface area contributed by atoms with E-state index in [1.807, 2.05) is 18.9 Å². The molecule has 1 fully saturated rings. The van der Waals surface area contributed by atoms with Crippen molar-refractivity contribution in [2.24, 2.45) is 0 Å². The molecule has 2 N–H and O–H groups in total. The van der Waals surface area contributed by atoms with Gasteiger partial charge in [-0.3, -0.25) is 9.69 Å². The van der Waals surface area contributed by atoms with E-state index in [2.05, 4.69) is 20.6 Å². The molecule has 0 unspecified atom stereocenters. The second-order valence-electron chi connectivity index (χ2n) is 8.39. The Balaban J connectivity index is 1.54. The first kappa shape index (κ1) is 25.9. The number of nitrogens with one attached hydrogen (secondary N) is 2. The van der Waals surface area contributed by atoms with Crippen LogP contribution >= 0.6 is 11.6 Å². The molecule has 0 saturated carbocycles. The minimum atomic E-state index is -0.574. The van der Waals surface area contributed by atoms with Gasteiger partial charge in [0.1, 0.15) is 18.2 Å². The number of amides is 1. The van der Waals surface area contributed by atoms with Gasteiger partial charge in [0.05, 0.1) is 36.0 Å². The molecule has 2 heterocycles. The summed E-state index contributed by atoms with van der Waals surface area (Å²) in [7, 11) is 3.44. The molecule has 3 aromatic rings. The lowest BCUT2D eigenvalue weighted by atomic mass is 10.1. The van der Waals surface area contributed by atoms with Crippen LogP contribution in [0, 0.1) is 5.82 Å². The van der Waals surface area contributed by atoms with E-state index in [9.17, 15) is 9.18 Å². The van der Waals surface area contributed by atoms with Crippen LogP contribution < -0.4 is 20.1 Å². The number of carbonyl (C=O) groups excluding carboxylic acids is 1. The van der Waals surface area contributed by atoms with Crippen LogP contribution in [0.25, 0.3) is 10.9 Å². The van der Waals surface area contributed by atoms with Gasteiger partial charge in [-0.2, -0.15) is 0 Å². The van der Waals surface area contributed by atoms with Crippen molar-refractivity contribution in [1.82, 2.24) is 20.2 Å².